The minimum Gasteiger partial charge on any atom is -0.460 e. The molecule has 152 valence electrons. The van der Waals surface area contributed by atoms with E-state index in [0.29, 0.717) is 17.7 Å². The van der Waals surface area contributed by atoms with Crippen LogP contribution in [0.5, 0.6) is 0 Å². The Kier molecular flexibility index (Phi) is 4.70. The molecular formula is C18H19F3N2O5. The van der Waals surface area contributed by atoms with Crippen LogP contribution in [-0.4, -0.2) is 48.0 Å². The number of nitrogens with zero attached hydrogens (tertiary/aromatic N) is 2. The van der Waals surface area contributed by atoms with Crippen LogP contribution in [0.2, 0.25) is 0 Å². The molecule has 2 aliphatic rings. The molecule has 1 fully saturated rings. The van der Waals surface area contributed by atoms with Crippen LogP contribution in [0.15, 0.2) is 10.6 Å². The number of halogens is 3. The van der Waals surface area contributed by atoms with Gasteiger partial charge >= 0.3 is 12.1 Å². The van der Waals surface area contributed by atoms with Gasteiger partial charge in [-0.05, 0) is 13.8 Å². The maximum atomic E-state index is 13.7. The van der Waals surface area contributed by atoms with Crippen molar-refractivity contribution in [3.05, 3.63) is 28.8 Å². The first kappa shape index (κ1) is 19.0. The number of esters is 1. The van der Waals surface area contributed by atoms with Gasteiger partial charge in [-0.15, -0.1) is 0 Å². The predicted molar refractivity (Wildman–Crippen MR) is 88.8 cm³/mol. The molecule has 0 amide bonds. The lowest BCUT2D eigenvalue weighted by atomic mass is 9.84. The van der Waals surface area contributed by atoms with E-state index in [0.717, 1.165) is 0 Å². The molecule has 0 saturated carbocycles. The molecule has 1 aliphatic heterocycles. The third kappa shape index (κ3) is 3.20. The van der Waals surface area contributed by atoms with E-state index in [1.807, 2.05) is 0 Å². The Morgan fingerprint density at radius 2 is 2.21 bits per heavy atom. The Hall–Kier alpha value is -2.33. The summed E-state index contributed by atoms with van der Waals surface area (Å²) in [4.78, 5) is 12.1. The number of fused-ring (bicyclic) bond motifs is 3. The third-order valence-corrected chi connectivity index (χ3v) is 4.95. The van der Waals surface area contributed by atoms with Crippen molar-refractivity contribution in [2.45, 2.75) is 45.0 Å². The zero-order chi connectivity index (χ0) is 20.1. The third-order valence-electron chi connectivity index (χ3n) is 4.95. The molecule has 3 heterocycles. The van der Waals surface area contributed by atoms with Crippen molar-refractivity contribution >= 4 is 5.97 Å². The second-order valence-corrected chi connectivity index (χ2v) is 6.81. The van der Waals surface area contributed by atoms with Crippen molar-refractivity contribution in [2.75, 3.05) is 20.0 Å². The van der Waals surface area contributed by atoms with Gasteiger partial charge < -0.3 is 18.6 Å². The number of carbonyl (C=O) groups excluding carboxylic acids is 1. The fourth-order valence-corrected chi connectivity index (χ4v) is 3.67. The van der Waals surface area contributed by atoms with E-state index in [-0.39, 0.29) is 55.2 Å². The number of alkyl halides is 3. The fraction of sp³-hybridized carbons (Fsp3) is 0.556. The summed E-state index contributed by atoms with van der Waals surface area (Å²) in [5, 5.41) is 4.37. The Morgan fingerprint density at radius 3 is 2.86 bits per heavy atom. The highest BCUT2D eigenvalue weighted by Gasteiger charge is 2.48. The molecule has 1 unspecified atom stereocenters. The molecule has 0 radical (unpaired) electrons. The topological polar surface area (TPSA) is 75.7 Å². The Bertz CT molecular complexity index is 896. The minimum absolute atomic E-state index is 0.0678. The first-order valence-electron chi connectivity index (χ1n) is 8.92. The van der Waals surface area contributed by atoms with Gasteiger partial charge in [0.25, 0.3) is 0 Å². The van der Waals surface area contributed by atoms with E-state index in [9.17, 15) is 18.0 Å². The lowest BCUT2D eigenvalue weighted by molar-refractivity contribution is -0.151. The van der Waals surface area contributed by atoms with E-state index in [2.05, 4.69) is 5.10 Å². The van der Waals surface area contributed by atoms with Gasteiger partial charge in [0.1, 0.15) is 18.7 Å². The zero-order valence-electron chi connectivity index (χ0n) is 15.3. The Labute approximate surface area is 158 Å². The normalized spacial score (nSPS) is 21.5. The van der Waals surface area contributed by atoms with Crippen molar-refractivity contribution in [3.8, 4) is 11.3 Å². The first-order valence-corrected chi connectivity index (χ1v) is 8.92. The largest absolute Gasteiger partial charge is 0.460 e. The van der Waals surface area contributed by atoms with Crippen LogP contribution < -0.4 is 0 Å². The standard InChI is InChI=1S/C18H19F3N2O5/c1-3-26-17(24)16-9(2)14-13(28-16)4-12(18(19,20)21)11-6-23(22-15(11)14)5-10-7-25-8-27-10/h6,10,12H,3-5,7-8H2,1-2H3/t10-,12?/m0/s1. The van der Waals surface area contributed by atoms with Gasteiger partial charge in [-0.3, -0.25) is 4.68 Å². The first-order chi connectivity index (χ1) is 13.3. The lowest BCUT2D eigenvalue weighted by Gasteiger charge is -2.23. The van der Waals surface area contributed by atoms with Crippen LogP contribution in [0.25, 0.3) is 11.3 Å². The van der Waals surface area contributed by atoms with Crippen LogP contribution in [-0.2, 0) is 27.2 Å². The molecule has 0 N–H and O–H groups in total. The predicted octanol–water partition coefficient (Wildman–Crippen LogP) is 3.20. The Balaban J connectivity index is 1.78. The van der Waals surface area contributed by atoms with Crippen LogP contribution in [0, 0.1) is 6.92 Å². The molecule has 10 heteroatoms. The van der Waals surface area contributed by atoms with Crippen LogP contribution >= 0.6 is 0 Å². The quantitative estimate of drug-likeness (QED) is 0.734. The molecule has 1 saturated heterocycles. The molecular weight excluding hydrogens is 381 g/mol. The van der Waals surface area contributed by atoms with E-state index in [4.69, 9.17) is 18.6 Å². The van der Waals surface area contributed by atoms with Crippen molar-refractivity contribution in [1.82, 2.24) is 9.78 Å². The summed E-state index contributed by atoms with van der Waals surface area (Å²) in [6.07, 6.45) is -3.74. The number of hydrogen-bond donors (Lipinski definition) is 0. The molecule has 2 aromatic rings. The summed E-state index contributed by atoms with van der Waals surface area (Å²) in [6.45, 7) is 4.19. The van der Waals surface area contributed by atoms with Crippen LogP contribution in [0.3, 0.4) is 0 Å². The van der Waals surface area contributed by atoms with E-state index >= 15 is 0 Å². The van der Waals surface area contributed by atoms with Crippen LogP contribution in [0.4, 0.5) is 13.2 Å². The van der Waals surface area contributed by atoms with Crippen molar-refractivity contribution in [3.63, 3.8) is 0 Å². The molecule has 4 rings (SSSR count). The number of aromatic nitrogens is 2. The number of rotatable bonds is 4. The highest BCUT2D eigenvalue weighted by molar-refractivity contribution is 5.91. The fourth-order valence-electron chi connectivity index (χ4n) is 3.67. The zero-order valence-corrected chi connectivity index (χ0v) is 15.3. The highest BCUT2D eigenvalue weighted by Crippen LogP contribution is 2.48. The second kappa shape index (κ2) is 6.93. The monoisotopic (exact) mass is 400 g/mol. The van der Waals surface area contributed by atoms with Gasteiger partial charge in [0.05, 0.1) is 31.4 Å². The summed E-state index contributed by atoms with van der Waals surface area (Å²) >= 11 is 0. The molecule has 28 heavy (non-hydrogen) atoms. The van der Waals surface area contributed by atoms with Gasteiger partial charge in [0.2, 0.25) is 5.76 Å². The lowest BCUT2D eigenvalue weighted by Crippen LogP contribution is -2.25. The molecule has 2 aromatic heterocycles. The number of furan rings is 1. The van der Waals surface area contributed by atoms with E-state index < -0.39 is 18.1 Å². The van der Waals surface area contributed by atoms with Crippen molar-refractivity contribution < 1.29 is 36.6 Å². The van der Waals surface area contributed by atoms with E-state index in [1.54, 1.807) is 13.8 Å². The maximum Gasteiger partial charge on any atom is 0.396 e. The van der Waals surface area contributed by atoms with Crippen molar-refractivity contribution in [2.24, 2.45) is 0 Å². The van der Waals surface area contributed by atoms with Crippen LogP contribution in [0.1, 0.15) is 40.3 Å². The molecule has 1 aliphatic carbocycles. The summed E-state index contributed by atoms with van der Waals surface area (Å²) in [5.41, 5.74) is 1.11. The molecule has 0 bridgehead atoms. The molecule has 0 spiro atoms. The van der Waals surface area contributed by atoms with Gasteiger partial charge in [0.15, 0.2) is 0 Å². The van der Waals surface area contributed by atoms with Gasteiger partial charge in [0, 0.05) is 29.3 Å². The summed E-state index contributed by atoms with van der Waals surface area (Å²) in [5.74, 6) is -2.44. The number of ether oxygens (including phenoxy) is 3. The van der Waals surface area contributed by atoms with E-state index in [1.165, 1.54) is 10.9 Å². The highest BCUT2D eigenvalue weighted by atomic mass is 19.4. The number of carbonyl (C=O) groups is 1. The molecule has 2 atom stereocenters. The summed E-state index contributed by atoms with van der Waals surface area (Å²) in [7, 11) is 0. The summed E-state index contributed by atoms with van der Waals surface area (Å²) < 4.78 is 63.5. The number of hydrogen-bond acceptors (Lipinski definition) is 6. The molecule has 0 aromatic carbocycles. The Morgan fingerprint density at radius 1 is 1.43 bits per heavy atom. The average Bonchev–Trinajstić information content (AvgIpc) is 3.32. The minimum atomic E-state index is -4.47. The average molecular weight is 400 g/mol. The van der Waals surface area contributed by atoms with Crippen molar-refractivity contribution in [1.29, 1.82) is 0 Å². The summed E-state index contributed by atoms with van der Waals surface area (Å²) in [6, 6.07) is 0. The SMILES string of the molecule is CCOC(=O)c1oc2c(c1C)-c1nn(C[C@H]3COCO3)cc1C(C(F)(F)F)C2. The second-order valence-electron chi connectivity index (χ2n) is 6.81. The van der Waals surface area contributed by atoms with Gasteiger partial charge in [-0.2, -0.15) is 18.3 Å². The molecule has 7 nitrogen and oxygen atoms in total. The smallest absolute Gasteiger partial charge is 0.396 e. The van der Waals surface area contributed by atoms with Gasteiger partial charge in [-0.25, -0.2) is 4.79 Å². The maximum absolute atomic E-state index is 13.7. The van der Waals surface area contributed by atoms with Gasteiger partial charge in [-0.1, -0.05) is 0 Å².